The van der Waals surface area contributed by atoms with Crippen molar-refractivity contribution in [1.82, 2.24) is 4.90 Å². The van der Waals surface area contributed by atoms with Crippen molar-refractivity contribution in [2.45, 2.75) is 29.6 Å². The van der Waals surface area contributed by atoms with Crippen LogP contribution in [0.3, 0.4) is 0 Å². The lowest BCUT2D eigenvalue weighted by molar-refractivity contribution is 0.0588. The van der Waals surface area contributed by atoms with Gasteiger partial charge in [-0.1, -0.05) is 23.9 Å². The number of thioether (sulfide) groups is 1. The van der Waals surface area contributed by atoms with Gasteiger partial charge < -0.3 is 15.0 Å². The van der Waals surface area contributed by atoms with Crippen molar-refractivity contribution in [3.8, 4) is 0 Å². The molecule has 3 rings (SSSR count). The molecule has 0 aliphatic carbocycles. The molecule has 2 aromatic rings. The maximum atomic E-state index is 12.9. The Hall–Kier alpha value is -2.12. The SMILES string of the molecule is CN(CC1CCCO1)C(=O)c1ccccc1Nc1ccc(SC(F)F)cc1. The highest BCUT2D eigenvalue weighted by molar-refractivity contribution is 7.99. The number of ether oxygens (including phenoxy) is 1. The molecule has 0 saturated carbocycles. The van der Waals surface area contributed by atoms with Gasteiger partial charge in [-0.2, -0.15) is 8.78 Å². The van der Waals surface area contributed by atoms with Gasteiger partial charge in [-0.15, -0.1) is 0 Å². The van der Waals surface area contributed by atoms with E-state index in [-0.39, 0.29) is 12.0 Å². The van der Waals surface area contributed by atoms with Gasteiger partial charge in [0, 0.05) is 30.8 Å². The quantitative estimate of drug-likeness (QED) is 0.674. The van der Waals surface area contributed by atoms with Gasteiger partial charge in [0.25, 0.3) is 11.7 Å². The van der Waals surface area contributed by atoms with Crippen molar-refractivity contribution >= 4 is 29.0 Å². The molecule has 0 bridgehead atoms. The van der Waals surface area contributed by atoms with Crippen LogP contribution in [0.15, 0.2) is 53.4 Å². The molecule has 1 unspecified atom stereocenters. The minimum atomic E-state index is -2.44. The first-order valence-electron chi connectivity index (χ1n) is 8.81. The molecule has 1 fully saturated rings. The first-order valence-corrected chi connectivity index (χ1v) is 9.69. The summed E-state index contributed by atoms with van der Waals surface area (Å²) < 4.78 is 30.5. The van der Waals surface area contributed by atoms with E-state index in [2.05, 4.69) is 5.32 Å². The van der Waals surface area contributed by atoms with Gasteiger partial charge in [0.1, 0.15) is 0 Å². The highest BCUT2D eigenvalue weighted by atomic mass is 32.2. The molecule has 1 aliphatic heterocycles. The van der Waals surface area contributed by atoms with E-state index in [9.17, 15) is 13.6 Å². The summed E-state index contributed by atoms with van der Waals surface area (Å²) in [6.07, 6.45) is 2.10. The summed E-state index contributed by atoms with van der Waals surface area (Å²) in [6, 6.07) is 14.0. The molecule has 1 atom stereocenters. The normalized spacial score (nSPS) is 16.5. The van der Waals surface area contributed by atoms with Crippen LogP contribution in [0.4, 0.5) is 20.2 Å². The number of benzene rings is 2. The first kappa shape index (κ1) is 19.6. The second kappa shape index (κ2) is 9.19. The molecule has 1 heterocycles. The Bertz CT molecular complexity index is 765. The van der Waals surface area contributed by atoms with E-state index in [1.165, 1.54) is 0 Å². The molecule has 27 heavy (non-hydrogen) atoms. The molecule has 144 valence electrons. The van der Waals surface area contributed by atoms with Crippen LogP contribution in [0.25, 0.3) is 0 Å². The number of hydrogen-bond acceptors (Lipinski definition) is 4. The van der Waals surface area contributed by atoms with Gasteiger partial charge in [-0.25, -0.2) is 0 Å². The van der Waals surface area contributed by atoms with Crippen LogP contribution >= 0.6 is 11.8 Å². The molecular formula is C20H22F2N2O2S. The zero-order valence-corrected chi connectivity index (χ0v) is 15.8. The summed E-state index contributed by atoms with van der Waals surface area (Å²) in [4.78, 5) is 15.0. The lowest BCUT2D eigenvalue weighted by Crippen LogP contribution is -2.34. The highest BCUT2D eigenvalue weighted by Crippen LogP contribution is 2.28. The highest BCUT2D eigenvalue weighted by Gasteiger charge is 2.22. The molecule has 1 saturated heterocycles. The van der Waals surface area contributed by atoms with E-state index < -0.39 is 5.76 Å². The summed E-state index contributed by atoms with van der Waals surface area (Å²) in [6.45, 7) is 1.32. The van der Waals surface area contributed by atoms with Crippen LogP contribution < -0.4 is 5.32 Å². The lowest BCUT2D eigenvalue weighted by Gasteiger charge is -2.22. The molecule has 0 radical (unpaired) electrons. The van der Waals surface area contributed by atoms with Gasteiger partial charge in [-0.3, -0.25) is 4.79 Å². The van der Waals surface area contributed by atoms with Crippen LogP contribution in [0, 0.1) is 0 Å². The van der Waals surface area contributed by atoms with E-state index in [0.717, 1.165) is 25.1 Å². The van der Waals surface area contributed by atoms with E-state index in [4.69, 9.17) is 4.74 Å². The predicted molar refractivity (Wildman–Crippen MR) is 104 cm³/mol. The zero-order valence-electron chi connectivity index (χ0n) is 15.0. The molecular weight excluding hydrogens is 370 g/mol. The number of nitrogens with zero attached hydrogens (tertiary/aromatic N) is 1. The summed E-state index contributed by atoms with van der Waals surface area (Å²) in [7, 11) is 1.77. The third-order valence-corrected chi connectivity index (χ3v) is 5.09. The second-order valence-corrected chi connectivity index (χ2v) is 7.46. The van der Waals surface area contributed by atoms with Crippen LogP contribution in [0.5, 0.6) is 0 Å². The van der Waals surface area contributed by atoms with Gasteiger partial charge >= 0.3 is 0 Å². The standard InChI is InChI=1S/C20H22F2N2O2S/c1-24(13-15-5-4-12-26-15)19(25)17-6-2-3-7-18(17)23-14-8-10-16(11-9-14)27-20(21)22/h2-3,6-11,15,20,23H,4-5,12-13H2,1H3. The van der Waals surface area contributed by atoms with Crippen LogP contribution in [-0.2, 0) is 4.74 Å². The van der Waals surface area contributed by atoms with Gasteiger partial charge in [0.2, 0.25) is 0 Å². The van der Waals surface area contributed by atoms with Crippen LogP contribution in [-0.4, -0.2) is 42.9 Å². The topological polar surface area (TPSA) is 41.6 Å². The number of rotatable bonds is 7. The number of alkyl halides is 2. The van der Waals surface area contributed by atoms with Crippen molar-refractivity contribution in [3.05, 3.63) is 54.1 Å². The Morgan fingerprint density at radius 1 is 1.26 bits per heavy atom. The van der Waals surface area contributed by atoms with E-state index in [1.54, 1.807) is 42.3 Å². The number of hydrogen-bond donors (Lipinski definition) is 1. The molecule has 0 aromatic heterocycles. The molecule has 7 heteroatoms. The molecule has 0 spiro atoms. The van der Waals surface area contributed by atoms with Crippen molar-refractivity contribution < 1.29 is 18.3 Å². The third kappa shape index (κ3) is 5.43. The van der Waals surface area contributed by atoms with Crippen molar-refractivity contribution in [3.63, 3.8) is 0 Å². The smallest absolute Gasteiger partial charge is 0.288 e. The number of para-hydroxylation sites is 1. The van der Waals surface area contributed by atoms with Crippen molar-refractivity contribution in [1.29, 1.82) is 0 Å². The predicted octanol–water partition coefficient (Wildman–Crippen LogP) is 5.00. The number of carbonyl (C=O) groups excluding carboxylic acids is 1. The number of nitrogens with one attached hydrogen (secondary N) is 1. The average Bonchev–Trinajstić information content (AvgIpc) is 3.16. The molecule has 1 aliphatic rings. The number of carbonyl (C=O) groups is 1. The monoisotopic (exact) mass is 392 g/mol. The number of halogens is 2. The Morgan fingerprint density at radius 2 is 2.00 bits per heavy atom. The number of amides is 1. The summed E-state index contributed by atoms with van der Waals surface area (Å²) in [5, 5.41) is 3.21. The number of anilines is 2. The van der Waals surface area contributed by atoms with Gasteiger partial charge in [-0.05, 0) is 49.2 Å². The fourth-order valence-electron chi connectivity index (χ4n) is 3.04. The zero-order chi connectivity index (χ0) is 19.2. The van der Waals surface area contributed by atoms with Gasteiger partial charge in [0.05, 0.1) is 17.4 Å². The minimum absolute atomic E-state index is 0.0847. The summed E-state index contributed by atoms with van der Waals surface area (Å²) >= 11 is 0.507. The molecule has 2 aromatic carbocycles. The molecule has 4 nitrogen and oxygen atoms in total. The van der Waals surface area contributed by atoms with E-state index >= 15 is 0 Å². The summed E-state index contributed by atoms with van der Waals surface area (Å²) in [5.74, 6) is -2.53. The Morgan fingerprint density at radius 3 is 2.67 bits per heavy atom. The minimum Gasteiger partial charge on any atom is -0.376 e. The third-order valence-electron chi connectivity index (χ3n) is 4.36. The van der Waals surface area contributed by atoms with E-state index in [1.807, 2.05) is 18.2 Å². The van der Waals surface area contributed by atoms with Crippen LogP contribution in [0.1, 0.15) is 23.2 Å². The van der Waals surface area contributed by atoms with Crippen molar-refractivity contribution in [2.75, 3.05) is 25.5 Å². The fraction of sp³-hybridized carbons (Fsp3) is 0.350. The van der Waals surface area contributed by atoms with Crippen LogP contribution in [0.2, 0.25) is 0 Å². The largest absolute Gasteiger partial charge is 0.376 e. The maximum Gasteiger partial charge on any atom is 0.288 e. The second-order valence-electron chi connectivity index (χ2n) is 6.39. The Labute approximate surface area is 161 Å². The van der Waals surface area contributed by atoms with Crippen molar-refractivity contribution in [2.24, 2.45) is 0 Å². The van der Waals surface area contributed by atoms with Gasteiger partial charge in [0.15, 0.2) is 0 Å². The average molecular weight is 392 g/mol. The maximum absolute atomic E-state index is 12.9. The molecule has 1 N–H and O–H groups in total. The first-order chi connectivity index (χ1) is 13.0. The summed E-state index contributed by atoms with van der Waals surface area (Å²) in [5.41, 5.74) is 1.97. The Balaban J connectivity index is 1.70. The number of likely N-dealkylation sites (N-methyl/N-ethyl adjacent to an activating group) is 1. The van der Waals surface area contributed by atoms with E-state index in [0.29, 0.717) is 34.5 Å². The molecule has 1 amide bonds. The fourth-order valence-corrected chi connectivity index (χ4v) is 3.54. The lowest BCUT2D eigenvalue weighted by atomic mass is 10.1. The Kier molecular flexibility index (Phi) is 6.68.